The van der Waals surface area contributed by atoms with Gasteiger partial charge in [-0.25, -0.2) is 0 Å². The predicted octanol–water partition coefficient (Wildman–Crippen LogP) is 5.63. The molecular formula is C26H26Cl2N2O3S. The van der Waals surface area contributed by atoms with Crippen LogP contribution in [0.4, 0.5) is 0 Å². The molecule has 0 radical (unpaired) electrons. The Labute approximate surface area is 213 Å². The number of fused-ring (bicyclic) bond motifs is 1. The average molecular weight is 517 g/mol. The summed E-state index contributed by atoms with van der Waals surface area (Å²) in [5, 5.41) is 3.12. The quantitative estimate of drug-likeness (QED) is 0.408. The first kappa shape index (κ1) is 24.6. The first-order valence-electron chi connectivity index (χ1n) is 11.1. The van der Waals surface area contributed by atoms with Crippen LogP contribution in [0.2, 0.25) is 10.0 Å². The molecule has 34 heavy (non-hydrogen) atoms. The van der Waals surface area contributed by atoms with Gasteiger partial charge in [0.05, 0.1) is 26.1 Å². The Balaban J connectivity index is 1.54. The van der Waals surface area contributed by atoms with Gasteiger partial charge in [-0.3, -0.25) is 9.59 Å². The zero-order valence-electron chi connectivity index (χ0n) is 19.1. The Bertz CT molecular complexity index is 1180. The van der Waals surface area contributed by atoms with Crippen molar-refractivity contribution in [2.45, 2.75) is 25.8 Å². The van der Waals surface area contributed by atoms with E-state index >= 15 is 0 Å². The highest BCUT2D eigenvalue weighted by atomic mass is 35.5. The number of halogens is 2. The van der Waals surface area contributed by atoms with Crippen LogP contribution < -0.4 is 4.74 Å². The molecule has 4 rings (SSSR count). The molecule has 1 aromatic heterocycles. The highest BCUT2D eigenvalue weighted by Gasteiger charge is 2.34. The molecule has 0 saturated heterocycles. The van der Waals surface area contributed by atoms with E-state index in [9.17, 15) is 9.59 Å². The van der Waals surface area contributed by atoms with Gasteiger partial charge < -0.3 is 14.5 Å². The molecule has 0 spiro atoms. The van der Waals surface area contributed by atoms with Crippen LogP contribution in [0.15, 0.2) is 53.9 Å². The van der Waals surface area contributed by atoms with Crippen molar-refractivity contribution in [2.75, 3.05) is 26.7 Å². The molecular weight excluding hydrogens is 491 g/mol. The van der Waals surface area contributed by atoms with E-state index in [-0.39, 0.29) is 30.8 Å². The topological polar surface area (TPSA) is 49.9 Å². The molecule has 2 amide bonds. The molecule has 1 aliphatic heterocycles. The van der Waals surface area contributed by atoms with Crippen molar-refractivity contribution in [1.29, 1.82) is 0 Å². The molecule has 5 nitrogen and oxygen atoms in total. The summed E-state index contributed by atoms with van der Waals surface area (Å²) in [5.41, 5.74) is 2.80. The van der Waals surface area contributed by atoms with Gasteiger partial charge in [-0.1, -0.05) is 41.4 Å². The lowest BCUT2D eigenvalue weighted by atomic mass is 9.93. The number of nitrogens with zero attached hydrogens (tertiary/aromatic N) is 2. The number of carbonyl (C=O) groups is 2. The summed E-state index contributed by atoms with van der Waals surface area (Å²) < 4.78 is 5.18. The van der Waals surface area contributed by atoms with E-state index in [4.69, 9.17) is 27.9 Å². The number of amides is 2. The zero-order chi connectivity index (χ0) is 24.2. The van der Waals surface area contributed by atoms with Crippen LogP contribution in [0.25, 0.3) is 0 Å². The SMILES string of the molecule is CCN(CC(=O)N1CCc2sccc2C1c1ccc(Cl)cc1Cl)C(=O)Cc1ccc(OC)cc1. The van der Waals surface area contributed by atoms with Gasteiger partial charge in [0.2, 0.25) is 11.8 Å². The Morgan fingerprint density at radius 1 is 1.12 bits per heavy atom. The number of thiophene rings is 1. The maximum absolute atomic E-state index is 13.6. The van der Waals surface area contributed by atoms with Crippen LogP contribution in [0.3, 0.4) is 0 Å². The van der Waals surface area contributed by atoms with Crippen LogP contribution in [0.5, 0.6) is 5.75 Å². The standard InChI is InChI=1S/C26H26Cl2N2O3S/c1-3-29(24(31)14-17-4-7-19(33-2)8-5-17)16-25(32)30-12-10-23-21(11-13-34-23)26(30)20-9-6-18(27)15-22(20)28/h4-9,11,13,15,26H,3,10,12,14,16H2,1-2H3. The lowest BCUT2D eigenvalue weighted by Gasteiger charge is -2.38. The summed E-state index contributed by atoms with van der Waals surface area (Å²) in [4.78, 5) is 31.3. The molecule has 0 N–H and O–H groups in total. The van der Waals surface area contributed by atoms with Gasteiger partial charge in [-0.05, 0) is 65.7 Å². The molecule has 1 aliphatic rings. The maximum atomic E-state index is 13.6. The van der Waals surface area contributed by atoms with Crippen molar-refractivity contribution in [1.82, 2.24) is 9.80 Å². The normalized spacial score (nSPS) is 15.1. The molecule has 0 aliphatic carbocycles. The summed E-state index contributed by atoms with van der Waals surface area (Å²) in [5.74, 6) is 0.552. The predicted molar refractivity (Wildman–Crippen MR) is 137 cm³/mol. The number of hydrogen-bond acceptors (Lipinski definition) is 4. The number of methoxy groups -OCH3 is 1. The molecule has 0 saturated carbocycles. The molecule has 2 heterocycles. The lowest BCUT2D eigenvalue weighted by molar-refractivity contribution is -0.141. The summed E-state index contributed by atoms with van der Waals surface area (Å²) in [6.45, 7) is 2.93. The molecule has 2 aromatic carbocycles. The molecule has 1 unspecified atom stereocenters. The van der Waals surface area contributed by atoms with Crippen LogP contribution in [0.1, 0.15) is 34.5 Å². The van der Waals surface area contributed by atoms with Crippen molar-refractivity contribution < 1.29 is 14.3 Å². The minimum Gasteiger partial charge on any atom is -0.497 e. The van der Waals surface area contributed by atoms with Crippen LogP contribution in [-0.4, -0.2) is 48.4 Å². The third-order valence-corrected chi connectivity index (χ3v) is 7.68. The van der Waals surface area contributed by atoms with E-state index in [1.807, 2.05) is 47.5 Å². The van der Waals surface area contributed by atoms with Gasteiger partial charge >= 0.3 is 0 Å². The summed E-state index contributed by atoms with van der Waals surface area (Å²) >= 11 is 14.4. The first-order valence-corrected chi connectivity index (χ1v) is 12.8. The second-order valence-electron chi connectivity index (χ2n) is 8.14. The zero-order valence-corrected chi connectivity index (χ0v) is 21.4. The van der Waals surface area contributed by atoms with Crippen molar-refractivity contribution in [3.63, 3.8) is 0 Å². The third-order valence-electron chi connectivity index (χ3n) is 6.12. The monoisotopic (exact) mass is 516 g/mol. The second kappa shape index (κ2) is 10.8. The van der Waals surface area contributed by atoms with E-state index in [0.29, 0.717) is 23.1 Å². The summed E-state index contributed by atoms with van der Waals surface area (Å²) in [6, 6.07) is 14.5. The van der Waals surface area contributed by atoms with Gasteiger partial charge in [0.1, 0.15) is 5.75 Å². The Morgan fingerprint density at radius 3 is 2.56 bits per heavy atom. The van der Waals surface area contributed by atoms with E-state index in [0.717, 1.165) is 28.9 Å². The number of ether oxygens (including phenoxy) is 1. The number of benzene rings is 2. The number of carbonyl (C=O) groups excluding carboxylic acids is 2. The minimum atomic E-state index is -0.303. The fraction of sp³-hybridized carbons (Fsp3) is 0.308. The summed E-state index contributed by atoms with van der Waals surface area (Å²) in [7, 11) is 1.61. The van der Waals surface area contributed by atoms with Crippen LogP contribution >= 0.6 is 34.5 Å². The molecule has 3 aromatic rings. The summed E-state index contributed by atoms with van der Waals surface area (Å²) in [6.07, 6.45) is 1.01. The fourth-order valence-electron chi connectivity index (χ4n) is 4.30. The van der Waals surface area contributed by atoms with E-state index in [1.165, 1.54) is 4.88 Å². The number of hydrogen-bond donors (Lipinski definition) is 0. The van der Waals surface area contributed by atoms with Crippen molar-refractivity contribution >= 4 is 46.4 Å². The van der Waals surface area contributed by atoms with E-state index in [2.05, 4.69) is 6.07 Å². The minimum absolute atomic E-state index is 0.0205. The molecule has 8 heteroatoms. The van der Waals surface area contributed by atoms with Gasteiger partial charge in [-0.2, -0.15) is 0 Å². The Kier molecular flexibility index (Phi) is 7.81. The van der Waals surface area contributed by atoms with E-state index < -0.39 is 0 Å². The van der Waals surface area contributed by atoms with Crippen molar-refractivity contribution in [3.05, 3.63) is 85.5 Å². The smallest absolute Gasteiger partial charge is 0.242 e. The van der Waals surface area contributed by atoms with Crippen LogP contribution in [-0.2, 0) is 22.4 Å². The van der Waals surface area contributed by atoms with Crippen molar-refractivity contribution in [3.8, 4) is 5.75 Å². The largest absolute Gasteiger partial charge is 0.497 e. The van der Waals surface area contributed by atoms with Gasteiger partial charge in [0.25, 0.3) is 0 Å². The Morgan fingerprint density at radius 2 is 1.88 bits per heavy atom. The number of rotatable bonds is 7. The highest BCUT2D eigenvalue weighted by molar-refractivity contribution is 7.10. The van der Waals surface area contributed by atoms with Gasteiger partial charge in [-0.15, -0.1) is 11.3 Å². The first-order chi connectivity index (χ1) is 16.4. The van der Waals surface area contributed by atoms with Crippen LogP contribution in [0, 0.1) is 0 Å². The Hall–Kier alpha value is -2.54. The third kappa shape index (κ3) is 5.24. The average Bonchev–Trinajstić information content (AvgIpc) is 3.31. The molecule has 0 fully saturated rings. The van der Waals surface area contributed by atoms with Gasteiger partial charge in [0.15, 0.2) is 0 Å². The maximum Gasteiger partial charge on any atom is 0.242 e. The number of likely N-dealkylation sites (N-methyl/N-ethyl adjacent to an activating group) is 1. The van der Waals surface area contributed by atoms with Gasteiger partial charge in [0, 0.05) is 28.0 Å². The molecule has 178 valence electrons. The van der Waals surface area contributed by atoms with Crippen molar-refractivity contribution in [2.24, 2.45) is 0 Å². The molecule has 0 bridgehead atoms. The van der Waals surface area contributed by atoms with E-state index in [1.54, 1.807) is 35.5 Å². The highest BCUT2D eigenvalue weighted by Crippen LogP contribution is 2.41. The fourth-order valence-corrected chi connectivity index (χ4v) is 5.72. The second-order valence-corrected chi connectivity index (χ2v) is 9.98. The lowest BCUT2D eigenvalue weighted by Crippen LogP contribution is -2.47. The molecule has 1 atom stereocenters.